The third-order valence-corrected chi connectivity index (χ3v) is 5.10. The number of thioether (sulfide) groups is 1. The number of aliphatic imine (C=N–C) groups is 1. The molecule has 0 spiro atoms. The maximum absolute atomic E-state index is 13.5. The number of para-hydroxylation sites is 1. The molecule has 27 heavy (non-hydrogen) atoms. The van der Waals surface area contributed by atoms with Crippen LogP contribution in [0.2, 0.25) is 0 Å². The fourth-order valence-corrected chi connectivity index (χ4v) is 3.69. The quantitative estimate of drug-likeness (QED) is 0.425. The number of fused-ring (bicyclic) bond motifs is 1. The number of halogens is 1. The van der Waals surface area contributed by atoms with Gasteiger partial charge >= 0.3 is 0 Å². The van der Waals surface area contributed by atoms with Gasteiger partial charge in [0.2, 0.25) is 0 Å². The molecule has 0 bridgehead atoms. The Morgan fingerprint density at radius 2 is 1.96 bits per heavy atom. The number of aromatic nitrogens is 1. The second-order valence-corrected chi connectivity index (χ2v) is 7.17. The van der Waals surface area contributed by atoms with E-state index in [2.05, 4.69) is 45.0 Å². The van der Waals surface area contributed by atoms with E-state index < -0.39 is 0 Å². The normalized spacial score (nSPS) is 11.7. The van der Waals surface area contributed by atoms with Crippen LogP contribution in [0.3, 0.4) is 0 Å². The van der Waals surface area contributed by atoms with Gasteiger partial charge in [0.15, 0.2) is 5.96 Å². The van der Waals surface area contributed by atoms with Crippen molar-refractivity contribution in [2.45, 2.75) is 18.7 Å². The number of guanidine groups is 1. The number of H-pyrrole nitrogens is 1. The minimum atomic E-state index is -0.191. The zero-order chi connectivity index (χ0) is 19.1. The lowest BCUT2D eigenvalue weighted by molar-refractivity contribution is 0.625. The number of nitrogens with one attached hydrogen (secondary N) is 3. The van der Waals surface area contributed by atoms with E-state index in [4.69, 9.17) is 0 Å². The summed E-state index contributed by atoms with van der Waals surface area (Å²) in [6, 6.07) is 13.3. The lowest BCUT2D eigenvalue weighted by Gasteiger charge is -2.14. The lowest BCUT2D eigenvalue weighted by Crippen LogP contribution is -2.38. The molecule has 0 unspecified atom stereocenters. The molecule has 0 radical (unpaired) electrons. The molecule has 0 saturated carbocycles. The molecule has 0 aliphatic carbocycles. The summed E-state index contributed by atoms with van der Waals surface area (Å²) in [5.74, 6) is 1.35. The second-order valence-electron chi connectivity index (χ2n) is 6.31. The van der Waals surface area contributed by atoms with E-state index in [-0.39, 0.29) is 5.82 Å². The van der Waals surface area contributed by atoms with Crippen molar-refractivity contribution in [3.05, 3.63) is 71.2 Å². The number of benzene rings is 2. The van der Waals surface area contributed by atoms with Gasteiger partial charge in [-0.2, -0.15) is 11.8 Å². The maximum Gasteiger partial charge on any atom is 0.191 e. The van der Waals surface area contributed by atoms with E-state index >= 15 is 0 Å². The highest BCUT2D eigenvalue weighted by atomic mass is 32.2. The first-order chi connectivity index (χ1) is 13.2. The van der Waals surface area contributed by atoms with Crippen molar-refractivity contribution in [3.63, 3.8) is 0 Å². The van der Waals surface area contributed by atoms with Crippen LogP contribution in [0, 0.1) is 5.82 Å². The highest BCUT2D eigenvalue weighted by molar-refractivity contribution is 7.97. The molecule has 0 amide bonds. The van der Waals surface area contributed by atoms with Gasteiger partial charge in [-0.15, -0.1) is 0 Å². The summed E-state index contributed by atoms with van der Waals surface area (Å²) in [7, 11) is 1.76. The monoisotopic (exact) mass is 384 g/mol. The van der Waals surface area contributed by atoms with Gasteiger partial charge in [-0.1, -0.05) is 24.3 Å². The smallest absolute Gasteiger partial charge is 0.191 e. The van der Waals surface area contributed by atoms with Crippen LogP contribution < -0.4 is 10.6 Å². The third kappa shape index (κ3) is 5.04. The first-order valence-electron chi connectivity index (χ1n) is 8.97. The van der Waals surface area contributed by atoms with E-state index in [0.717, 1.165) is 41.3 Å². The van der Waals surface area contributed by atoms with Gasteiger partial charge in [0.1, 0.15) is 5.82 Å². The van der Waals surface area contributed by atoms with Gasteiger partial charge in [-0.3, -0.25) is 4.99 Å². The number of hydrogen-bond donors (Lipinski definition) is 3. The third-order valence-electron chi connectivity index (χ3n) is 4.50. The molecular weight excluding hydrogens is 359 g/mol. The zero-order valence-corrected chi connectivity index (χ0v) is 16.5. The predicted molar refractivity (Wildman–Crippen MR) is 114 cm³/mol. The molecule has 3 aromatic rings. The van der Waals surface area contributed by atoms with Gasteiger partial charge in [0.25, 0.3) is 0 Å². The van der Waals surface area contributed by atoms with E-state index in [1.54, 1.807) is 24.9 Å². The Balaban J connectivity index is 1.54. The average Bonchev–Trinajstić information content (AvgIpc) is 3.09. The Bertz CT molecular complexity index is 919. The molecule has 1 aromatic heterocycles. The molecule has 0 aliphatic rings. The summed E-state index contributed by atoms with van der Waals surface area (Å²) in [5, 5.41) is 7.93. The topological polar surface area (TPSA) is 52.2 Å². The van der Waals surface area contributed by atoms with E-state index in [0.29, 0.717) is 6.54 Å². The molecule has 2 aromatic carbocycles. The Hall–Kier alpha value is -2.47. The molecule has 0 atom stereocenters. The summed E-state index contributed by atoms with van der Waals surface area (Å²) in [6.07, 6.45) is 4.99. The fourth-order valence-electron chi connectivity index (χ4n) is 3.11. The SMILES string of the molecule is CN=C(NCCc1c[nH]c2ccccc12)NCc1ccc(F)cc1CSC. The van der Waals surface area contributed by atoms with E-state index in [1.807, 2.05) is 18.4 Å². The van der Waals surface area contributed by atoms with Crippen molar-refractivity contribution >= 4 is 28.6 Å². The number of hydrogen-bond acceptors (Lipinski definition) is 2. The van der Waals surface area contributed by atoms with Gasteiger partial charge in [-0.05, 0) is 47.6 Å². The summed E-state index contributed by atoms with van der Waals surface area (Å²) >= 11 is 1.69. The lowest BCUT2D eigenvalue weighted by atomic mass is 10.1. The van der Waals surface area contributed by atoms with E-state index in [1.165, 1.54) is 17.0 Å². The first kappa shape index (κ1) is 19.3. The van der Waals surface area contributed by atoms with Crippen molar-refractivity contribution in [1.82, 2.24) is 15.6 Å². The van der Waals surface area contributed by atoms with Gasteiger partial charge < -0.3 is 15.6 Å². The second kappa shape index (κ2) is 9.46. The van der Waals surface area contributed by atoms with Crippen molar-refractivity contribution in [1.29, 1.82) is 0 Å². The fraction of sp³-hybridized carbons (Fsp3) is 0.286. The summed E-state index contributed by atoms with van der Waals surface area (Å²) < 4.78 is 13.5. The Labute approximate surface area is 163 Å². The van der Waals surface area contributed by atoms with Crippen molar-refractivity contribution in [2.24, 2.45) is 4.99 Å². The van der Waals surface area contributed by atoms with Crippen LogP contribution in [0.15, 0.2) is 53.7 Å². The van der Waals surface area contributed by atoms with Crippen molar-refractivity contribution < 1.29 is 4.39 Å². The molecule has 1 heterocycles. The molecule has 3 rings (SSSR count). The standard InChI is InChI=1S/C21H25FN4S/c1-23-21(26-12-15-7-8-18(22)11-17(15)14-27-2)24-10-9-16-13-25-20-6-4-3-5-19(16)20/h3-8,11,13,25H,9-10,12,14H2,1-2H3,(H2,23,24,26). The Morgan fingerprint density at radius 3 is 2.78 bits per heavy atom. The van der Waals surface area contributed by atoms with Crippen LogP contribution in [-0.4, -0.2) is 30.8 Å². The Morgan fingerprint density at radius 1 is 1.11 bits per heavy atom. The maximum atomic E-state index is 13.5. The van der Waals surface area contributed by atoms with Crippen LogP contribution in [0.1, 0.15) is 16.7 Å². The van der Waals surface area contributed by atoms with Gasteiger partial charge in [0, 0.05) is 43.0 Å². The predicted octanol–water partition coefficient (Wildman–Crippen LogP) is 4.08. The Kier molecular flexibility index (Phi) is 6.76. The molecule has 6 heteroatoms. The van der Waals surface area contributed by atoms with E-state index in [9.17, 15) is 4.39 Å². The molecular formula is C21H25FN4S. The highest BCUT2D eigenvalue weighted by Gasteiger charge is 2.06. The molecule has 4 nitrogen and oxygen atoms in total. The van der Waals surface area contributed by atoms with Crippen LogP contribution in [0.25, 0.3) is 10.9 Å². The summed E-state index contributed by atoms with van der Waals surface area (Å²) in [6.45, 7) is 1.39. The number of rotatable bonds is 7. The van der Waals surface area contributed by atoms with Gasteiger partial charge in [0.05, 0.1) is 0 Å². The average molecular weight is 385 g/mol. The molecule has 3 N–H and O–H groups in total. The first-order valence-corrected chi connectivity index (χ1v) is 10.4. The van der Waals surface area contributed by atoms with Crippen molar-refractivity contribution in [2.75, 3.05) is 19.8 Å². The minimum absolute atomic E-state index is 0.191. The van der Waals surface area contributed by atoms with Gasteiger partial charge in [-0.25, -0.2) is 4.39 Å². The van der Waals surface area contributed by atoms with Crippen LogP contribution in [0.4, 0.5) is 4.39 Å². The molecule has 0 aliphatic heterocycles. The van der Waals surface area contributed by atoms with Crippen molar-refractivity contribution in [3.8, 4) is 0 Å². The number of nitrogens with zero attached hydrogens (tertiary/aromatic N) is 1. The molecule has 0 fully saturated rings. The zero-order valence-electron chi connectivity index (χ0n) is 15.7. The number of aromatic amines is 1. The molecule has 142 valence electrons. The summed E-state index contributed by atoms with van der Waals surface area (Å²) in [4.78, 5) is 7.59. The highest BCUT2D eigenvalue weighted by Crippen LogP contribution is 2.18. The van der Waals surface area contributed by atoms with Crippen LogP contribution in [0.5, 0.6) is 0 Å². The minimum Gasteiger partial charge on any atom is -0.361 e. The summed E-state index contributed by atoms with van der Waals surface area (Å²) in [5.41, 5.74) is 4.55. The van der Waals surface area contributed by atoms with Crippen LogP contribution in [-0.2, 0) is 18.7 Å². The van der Waals surface area contributed by atoms with Crippen LogP contribution >= 0.6 is 11.8 Å². The molecule has 0 saturated heterocycles. The largest absolute Gasteiger partial charge is 0.361 e.